The van der Waals surface area contributed by atoms with Gasteiger partial charge in [-0.2, -0.15) is 18.7 Å². The molecule has 2 heterocycles. The van der Waals surface area contributed by atoms with Crippen LogP contribution in [-0.4, -0.2) is 21.5 Å². The molecule has 34 heavy (non-hydrogen) atoms. The number of alkyl halides is 2. The van der Waals surface area contributed by atoms with E-state index in [9.17, 15) is 8.78 Å². The first-order valence-corrected chi connectivity index (χ1v) is 12.4. The number of anilines is 1. The van der Waals surface area contributed by atoms with Crippen molar-refractivity contribution in [1.82, 2.24) is 15.0 Å². The molecule has 0 amide bonds. The Morgan fingerprint density at radius 2 is 1.74 bits per heavy atom. The van der Waals surface area contributed by atoms with E-state index in [1.54, 1.807) is 17.1 Å². The molecule has 1 aliphatic rings. The second-order valence-corrected chi connectivity index (χ2v) is 9.14. The number of nitrogens with one attached hydrogen (secondary N) is 1. The van der Waals surface area contributed by atoms with E-state index in [1.807, 2.05) is 30.3 Å². The largest absolute Gasteiger partial charge is 0.455 e. The normalized spacial score (nSPS) is 15.4. The van der Waals surface area contributed by atoms with Crippen LogP contribution in [-0.2, 0) is 5.92 Å². The maximum Gasteiger partial charge on any atom is 0.301 e. The van der Waals surface area contributed by atoms with Gasteiger partial charge in [0.25, 0.3) is 0 Å². The quantitative estimate of drug-likeness (QED) is 0.261. The van der Waals surface area contributed by atoms with Crippen LogP contribution in [0.15, 0.2) is 47.0 Å². The van der Waals surface area contributed by atoms with Gasteiger partial charge in [0.05, 0.1) is 6.20 Å². The monoisotopic (exact) mass is 468 g/mol. The summed E-state index contributed by atoms with van der Waals surface area (Å²) in [5, 5.41) is 12.5. The molecule has 1 N–H and O–H groups in total. The minimum Gasteiger partial charge on any atom is -0.455 e. The number of benzene rings is 1. The molecule has 1 unspecified atom stereocenters. The minimum absolute atomic E-state index is 0.334. The Morgan fingerprint density at radius 1 is 1.00 bits per heavy atom. The van der Waals surface area contributed by atoms with Crippen molar-refractivity contribution >= 4 is 17.5 Å². The fourth-order valence-corrected chi connectivity index (χ4v) is 4.45. The van der Waals surface area contributed by atoms with Crippen molar-refractivity contribution in [3.8, 4) is 0 Å². The number of furan rings is 1. The van der Waals surface area contributed by atoms with E-state index < -0.39 is 5.92 Å². The van der Waals surface area contributed by atoms with Crippen molar-refractivity contribution in [2.45, 2.75) is 77.2 Å². The van der Waals surface area contributed by atoms with Crippen LogP contribution in [0.25, 0.3) is 11.6 Å². The molecule has 0 saturated heterocycles. The lowest BCUT2D eigenvalue weighted by atomic mass is 10.0. The molecule has 1 atom stereocenters. The van der Waals surface area contributed by atoms with Gasteiger partial charge in [-0.3, -0.25) is 0 Å². The summed E-state index contributed by atoms with van der Waals surface area (Å²) in [4.78, 5) is 1.64. The number of aromatic nitrogens is 3. The van der Waals surface area contributed by atoms with Gasteiger partial charge < -0.3 is 9.73 Å². The number of rotatable bonds is 13. The van der Waals surface area contributed by atoms with Gasteiger partial charge in [-0.1, -0.05) is 76.1 Å². The van der Waals surface area contributed by atoms with Crippen molar-refractivity contribution < 1.29 is 13.2 Å². The molecule has 0 spiro atoms. The van der Waals surface area contributed by atoms with Crippen molar-refractivity contribution in [2.24, 2.45) is 0 Å². The van der Waals surface area contributed by atoms with Crippen LogP contribution in [0.5, 0.6) is 0 Å². The van der Waals surface area contributed by atoms with E-state index >= 15 is 0 Å². The first-order valence-electron chi connectivity index (χ1n) is 12.4. The van der Waals surface area contributed by atoms with Crippen LogP contribution in [0.4, 0.5) is 14.6 Å². The number of nitrogens with zero attached hydrogens (tertiary/aromatic N) is 3. The molecule has 3 aromatic rings. The highest BCUT2D eigenvalue weighted by atomic mass is 19.3. The Morgan fingerprint density at radius 3 is 2.47 bits per heavy atom. The molecule has 0 bridgehead atoms. The molecule has 182 valence electrons. The van der Waals surface area contributed by atoms with Gasteiger partial charge in [0, 0.05) is 19.0 Å². The first kappa shape index (κ1) is 24.2. The molecule has 1 aliphatic carbocycles. The van der Waals surface area contributed by atoms with Crippen LogP contribution < -0.4 is 5.32 Å². The molecule has 0 saturated carbocycles. The Kier molecular flexibility index (Phi) is 7.80. The van der Waals surface area contributed by atoms with Crippen LogP contribution in [0.2, 0.25) is 0 Å². The summed E-state index contributed by atoms with van der Waals surface area (Å²) in [7, 11) is 0. The van der Waals surface area contributed by atoms with Gasteiger partial charge >= 0.3 is 5.92 Å². The summed E-state index contributed by atoms with van der Waals surface area (Å²) in [6.07, 6.45) is 13.9. The van der Waals surface area contributed by atoms with Gasteiger partial charge in [-0.05, 0) is 35.8 Å². The maximum atomic E-state index is 13.8. The summed E-state index contributed by atoms with van der Waals surface area (Å²) in [5.74, 6) is -2.26. The average Bonchev–Trinajstić information content (AvgIpc) is 3.55. The Balaban J connectivity index is 1.39. The van der Waals surface area contributed by atoms with Gasteiger partial charge in [0.15, 0.2) is 11.6 Å². The van der Waals surface area contributed by atoms with Crippen LogP contribution in [0.3, 0.4) is 0 Å². The highest BCUT2D eigenvalue weighted by Gasteiger charge is 2.34. The molecule has 4 rings (SSSR count). The maximum absolute atomic E-state index is 13.8. The molecule has 5 nitrogen and oxygen atoms in total. The van der Waals surface area contributed by atoms with Gasteiger partial charge in [-0.25, -0.2) is 0 Å². The second-order valence-electron chi connectivity index (χ2n) is 9.14. The summed E-state index contributed by atoms with van der Waals surface area (Å²) >= 11 is 0. The number of hydrogen-bond donors (Lipinski definition) is 1. The minimum atomic E-state index is -3.03. The molecule has 1 aromatic carbocycles. The van der Waals surface area contributed by atoms with Crippen molar-refractivity contribution in [3.05, 3.63) is 65.2 Å². The highest BCUT2D eigenvalue weighted by Crippen LogP contribution is 2.43. The van der Waals surface area contributed by atoms with Crippen molar-refractivity contribution in [1.29, 1.82) is 0 Å². The molecular formula is C27H34F2N4O. The fourth-order valence-electron chi connectivity index (χ4n) is 4.45. The molecule has 2 aromatic heterocycles. The van der Waals surface area contributed by atoms with Crippen molar-refractivity contribution in [3.63, 3.8) is 0 Å². The zero-order chi connectivity index (χ0) is 24.0. The van der Waals surface area contributed by atoms with Gasteiger partial charge in [-0.15, -0.1) is 5.10 Å². The lowest BCUT2D eigenvalue weighted by Gasteiger charge is -2.15. The second kappa shape index (κ2) is 11.0. The predicted molar refractivity (Wildman–Crippen MR) is 132 cm³/mol. The van der Waals surface area contributed by atoms with E-state index in [0.717, 1.165) is 36.6 Å². The summed E-state index contributed by atoms with van der Waals surface area (Å²) in [6, 6.07) is 10.5. The lowest BCUT2D eigenvalue weighted by molar-refractivity contribution is -0.00559. The molecule has 0 fully saturated rings. The summed E-state index contributed by atoms with van der Waals surface area (Å²) in [6.45, 7) is 3.93. The van der Waals surface area contributed by atoms with E-state index in [-0.39, 0.29) is 11.8 Å². The Hall–Kier alpha value is -2.96. The molecule has 0 aliphatic heterocycles. The number of halogens is 2. The van der Waals surface area contributed by atoms with E-state index in [1.165, 1.54) is 51.0 Å². The van der Waals surface area contributed by atoms with Crippen molar-refractivity contribution in [2.75, 3.05) is 11.9 Å². The third-order valence-corrected chi connectivity index (χ3v) is 6.30. The SMILES string of the molecule is CCCCCCCCCCNc1cnn(C2C(c3ccc(C(C)(F)F)o3)=Cc3ccccc32)n1. The van der Waals surface area contributed by atoms with E-state index in [0.29, 0.717) is 11.6 Å². The summed E-state index contributed by atoms with van der Waals surface area (Å²) in [5.41, 5.74) is 2.79. The Bertz CT molecular complexity index is 1100. The fraction of sp³-hybridized carbons (Fsp3) is 0.481. The number of allylic oxidation sites excluding steroid dienone is 1. The number of fused-ring (bicyclic) bond motifs is 1. The predicted octanol–water partition coefficient (Wildman–Crippen LogP) is 7.68. The highest BCUT2D eigenvalue weighted by molar-refractivity contribution is 5.89. The van der Waals surface area contributed by atoms with Crippen LogP contribution in [0.1, 0.15) is 93.9 Å². The standard InChI is InChI=1S/C27H34F2N4O/c1-3-4-5-6-7-8-9-12-17-30-25-19-31-33(32-25)26-21-14-11-10-13-20(21)18-22(26)23-15-16-24(34-23)27(2,28)29/h10-11,13-16,18-19,26H,3-9,12,17H2,1-2H3,(H,30,32). The van der Waals surface area contributed by atoms with Crippen LogP contribution in [0, 0.1) is 0 Å². The summed E-state index contributed by atoms with van der Waals surface area (Å²) < 4.78 is 33.1. The molecule has 7 heteroatoms. The Labute approximate surface area is 200 Å². The van der Waals surface area contributed by atoms with E-state index in [4.69, 9.17) is 4.42 Å². The lowest BCUT2D eigenvalue weighted by Crippen LogP contribution is -2.14. The zero-order valence-electron chi connectivity index (χ0n) is 20.1. The topological polar surface area (TPSA) is 55.9 Å². The number of hydrogen-bond acceptors (Lipinski definition) is 4. The smallest absolute Gasteiger partial charge is 0.301 e. The molecular weight excluding hydrogens is 434 g/mol. The molecule has 0 radical (unpaired) electrons. The van der Waals surface area contributed by atoms with E-state index in [2.05, 4.69) is 22.4 Å². The first-order chi connectivity index (χ1) is 16.5. The van der Waals surface area contributed by atoms with Crippen LogP contribution >= 0.6 is 0 Å². The third-order valence-electron chi connectivity index (χ3n) is 6.30. The van der Waals surface area contributed by atoms with Gasteiger partial charge in [0.2, 0.25) is 0 Å². The average molecular weight is 469 g/mol. The van der Waals surface area contributed by atoms with Gasteiger partial charge in [0.1, 0.15) is 11.8 Å². The zero-order valence-corrected chi connectivity index (χ0v) is 20.1. The number of unbranched alkanes of at least 4 members (excludes halogenated alkanes) is 7. The third kappa shape index (κ3) is 5.75.